The number of nitriles is 1. The molecule has 1 saturated carbocycles. The van der Waals surface area contributed by atoms with Crippen molar-refractivity contribution in [1.82, 2.24) is 44.9 Å². The van der Waals surface area contributed by atoms with E-state index in [4.69, 9.17) is 24.0 Å². The van der Waals surface area contributed by atoms with Crippen LogP contribution < -0.4 is 14.8 Å². The summed E-state index contributed by atoms with van der Waals surface area (Å²) in [5.74, 6) is 3.05. The lowest BCUT2D eigenvalue weighted by Crippen LogP contribution is -2.41. The standard InChI is InChI=1S/C35H41N11O4/c1-23(17-44-22-39-42-43-44)50-33-12-25(2-3-26(33)14-36)27-15-37-35(38-16-27)40-32-19-46(41-34(32)49-20-24-8-10-47-11-9-24)29-6-4-28(5-7-29)45-18-31-13-30(45)21-48-31/h2-3,12,15-16,18-19,22-24,28-30H,4-11,13,17,20-21H2,1H3,(H,37,38,40)/t23-,28?,29?,30+/m0/s1. The summed E-state index contributed by atoms with van der Waals surface area (Å²) >= 11 is 0. The Hall–Kier alpha value is -5.23. The highest BCUT2D eigenvalue weighted by Gasteiger charge is 2.38. The molecule has 3 fully saturated rings. The SMILES string of the molecule is C[C@@H](Cn1cnnn1)Oc1cc(-c2cnc(Nc3cn(C4CCC(N5C=C6C[C@@H]5CO6)CC4)nc3OCC3CCOCC3)nc2)ccc1C#N. The Bertz CT molecular complexity index is 1820. The topological polar surface area (TPSA) is 163 Å². The van der Waals surface area contributed by atoms with E-state index in [-0.39, 0.29) is 6.10 Å². The zero-order valence-corrected chi connectivity index (χ0v) is 28.1. The number of hydrogen-bond donors (Lipinski definition) is 1. The van der Waals surface area contributed by atoms with Gasteiger partial charge in [0, 0.05) is 49.8 Å². The van der Waals surface area contributed by atoms with Crippen molar-refractivity contribution >= 4 is 11.6 Å². The third-order valence-corrected chi connectivity index (χ3v) is 10.1. The molecule has 8 rings (SSSR count). The summed E-state index contributed by atoms with van der Waals surface area (Å²) in [6, 6.07) is 9.01. The van der Waals surface area contributed by atoms with Crippen LogP contribution in [0.4, 0.5) is 11.6 Å². The smallest absolute Gasteiger partial charge is 0.256 e. The van der Waals surface area contributed by atoms with E-state index in [0.717, 1.165) is 87.3 Å². The predicted molar refractivity (Wildman–Crippen MR) is 180 cm³/mol. The zero-order valence-electron chi connectivity index (χ0n) is 28.1. The highest BCUT2D eigenvalue weighted by molar-refractivity contribution is 5.67. The van der Waals surface area contributed by atoms with Gasteiger partial charge in [0.2, 0.25) is 5.95 Å². The minimum atomic E-state index is -0.268. The molecule has 2 bridgehead atoms. The van der Waals surface area contributed by atoms with Gasteiger partial charge in [-0.2, -0.15) is 5.26 Å². The average molecular weight is 680 g/mol. The molecule has 0 spiro atoms. The van der Waals surface area contributed by atoms with Gasteiger partial charge in [-0.3, -0.25) is 4.68 Å². The van der Waals surface area contributed by atoms with Gasteiger partial charge in [0.05, 0.1) is 37.0 Å². The Morgan fingerprint density at radius 3 is 2.58 bits per heavy atom. The lowest BCUT2D eigenvalue weighted by Gasteiger charge is -2.38. The first kappa shape index (κ1) is 32.0. The number of rotatable bonds is 12. The second-order valence-electron chi connectivity index (χ2n) is 13.6. The van der Waals surface area contributed by atoms with Crippen LogP contribution in [0, 0.1) is 17.2 Å². The van der Waals surface area contributed by atoms with Crippen molar-refractivity contribution in [2.45, 2.75) is 82.6 Å². The molecule has 15 nitrogen and oxygen atoms in total. The summed E-state index contributed by atoms with van der Waals surface area (Å²) < 4.78 is 27.4. The molecular formula is C35H41N11O4. The van der Waals surface area contributed by atoms with Gasteiger partial charge in [-0.05, 0) is 79.5 Å². The van der Waals surface area contributed by atoms with E-state index in [0.29, 0.717) is 60.3 Å². The van der Waals surface area contributed by atoms with Gasteiger partial charge in [-0.1, -0.05) is 6.07 Å². The highest BCUT2D eigenvalue weighted by atomic mass is 16.5. The molecule has 1 aliphatic carbocycles. The summed E-state index contributed by atoms with van der Waals surface area (Å²) in [4.78, 5) is 11.8. The molecule has 3 aliphatic heterocycles. The number of hydrogen-bond acceptors (Lipinski definition) is 13. The lowest BCUT2D eigenvalue weighted by atomic mass is 9.90. The first-order valence-corrected chi connectivity index (χ1v) is 17.5. The minimum absolute atomic E-state index is 0.268. The molecule has 15 heteroatoms. The number of fused-ring (bicyclic) bond motifs is 2. The van der Waals surface area contributed by atoms with Crippen LogP contribution in [0.15, 0.2) is 55.1 Å². The molecular weight excluding hydrogens is 638 g/mol. The molecule has 2 saturated heterocycles. The Balaban J connectivity index is 0.957. The van der Waals surface area contributed by atoms with Gasteiger partial charge >= 0.3 is 0 Å². The largest absolute Gasteiger partial charge is 0.494 e. The van der Waals surface area contributed by atoms with Crippen LogP contribution in [-0.2, 0) is 16.0 Å². The Morgan fingerprint density at radius 1 is 1.04 bits per heavy atom. The number of nitrogens with zero attached hydrogens (tertiary/aromatic N) is 10. The van der Waals surface area contributed by atoms with Crippen molar-refractivity contribution in [3.05, 3.63) is 60.6 Å². The van der Waals surface area contributed by atoms with Crippen LogP contribution in [0.2, 0.25) is 0 Å². The Labute approximate surface area is 290 Å². The highest BCUT2D eigenvalue weighted by Crippen LogP contribution is 2.39. The van der Waals surface area contributed by atoms with E-state index >= 15 is 0 Å². The maximum absolute atomic E-state index is 9.69. The molecule has 6 heterocycles. The van der Waals surface area contributed by atoms with Crippen LogP contribution in [0.25, 0.3) is 11.1 Å². The second kappa shape index (κ2) is 14.3. The lowest BCUT2D eigenvalue weighted by molar-refractivity contribution is 0.0489. The molecule has 4 aromatic rings. The molecule has 1 aromatic carbocycles. The van der Waals surface area contributed by atoms with Gasteiger partial charge in [0.15, 0.2) is 0 Å². The predicted octanol–water partition coefficient (Wildman–Crippen LogP) is 4.64. The number of anilines is 2. The molecule has 0 unspecified atom stereocenters. The molecule has 0 radical (unpaired) electrons. The van der Waals surface area contributed by atoms with Crippen LogP contribution in [0.3, 0.4) is 0 Å². The fourth-order valence-corrected chi connectivity index (χ4v) is 7.33. The number of benzene rings is 1. The molecule has 4 aliphatic rings. The summed E-state index contributed by atoms with van der Waals surface area (Å²) in [6.45, 7) is 5.29. The van der Waals surface area contributed by atoms with Crippen LogP contribution in [0.1, 0.15) is 63.5 Å². The van der Waals surface area contributed by atoms with E-state index in [9.17, 15) is 5.26 Å². The van der Waals surface area contributed by atoms with Crippen molar-refractivity contribution in [2.24, 2.45) is 5.92 Å². The summed E-state index contributed by atoms with van der Waals surface area (Å²) in [5.41, 5.74) is 2.80. The van der Waals surface area contributed by atoms with Crippen LogP contribution >= 0.6 is 0 Å². The molecule has 0 amide bonds. The maximum Gasteiger partial charge on any atom is 0.256 e. The number of ether oxygens (including phenoxy) is 4. The monoisotopic (exact) mass is 679 g/mol. The van der Waals surface area contributed by atoms with Crippen molar-refractivity contribution in [3.8, 4) is 28.8 Å². The Morgan fingerprint density at radius 2 is 1.86 bits per heavy atom. The first-order valence-electron chi connectivity index (χ1n) is 17.5. The van der Waals surface area contributed by atoms with Crippen molar-refractivity contribution in [1.29, 1.82) is 5.26 Å². The first-order chi connectivity index (χ1) is 24.6. The van der Waals surface area contributed by atoms with Gasteiger partial charge in [0.1, 0.15) is 42.3 Å². The van der Waals surface area contributed by atoms with Crippen molar-refractivity contribution < 1.29 is 18.9 Å². The van der Waals surface area contributed by atoms with Crippen LogP contribution in [-0.4, -0.2) is 89.5 Å². The molecule has 2 atom stereocenters. The average Bonchev–Trinajstić information content (AvgIpc) is 3.99. The molecule has 260 valence electrons. The number of nitrogens with one attached hydrogen (secondary N) is 1. The van der Waals surface area contributed by atoms with Gasteiger partial charge in [-0.25, -0.2) is 14.6 Å². The third-order valence-electron chi connectivity index (χ3n) is 10.1. The van der Waals surface area contributed by atoms with E-state index in [1.54, 1.807) is 23.1 Å². The second-order valence-corrected chi connectivity index (χ2v) is 13.6. The van der Waals surface area contributed by atoms with Gasteiger partial charge < -0.3 is 29.2 Å². The van der Waals surface area contributed by atoms with Gasteiger partial charge in [-0.15, -0.1) is 10.2 Å². The minimum Gasteiger partial charge on any atom is -0.494 e. The Kier molecular flexibility index (Phi) is 9.17. The summed E-state index contributed by atoms with van der Waals surface area (Å²) in [5, 5.41) is 29.2. The molecule has 3 aromatic heterocycles. The fourth-order valence-electron chi connectivity index (χ4n) is 7.33. The van der Waals surface area contributed by atoms with E-state index in [2.05, 4.69) is 52.7 Å². The van der Waals surface area contributed by atoms with Crippen molar-refractivity contribution in [3.63, 3.8) is 0 Å². The quantitative estimate of drug-likeness (QED) is 0.220. The van der Waals surface area contributed by atoms with E-state index < -0.39 is 0 Å². The normalized spacial score (nSPS) is 22.4. The van der Waals surface area contributed by atoms with E-state index in [1.165, 1.54) is 6.33 Å². The molecule has 1 N–H and O–H groups in total. The zero-order chi connectivity index (χ0) is 33.9. The number of aromatic nitrogens is 8. The maximum atomic E-state index is 9.69. The van der Waals surface area contributed by atoms with Crippen LogP contribution in [0.5, 0.6) is 11.6 Å². The fraction of sp³-hybridized carbons (Fsp3) is 0.514. The van der Waals surface area contributed by atoms with Crippen molar-refractivity contribution in [2.75, 3.05) is 31.7 Å². The third kappa shape index (κ3) is 7.07. The van der Waals surface area contributed by atoms with Gasteiger partial charge in [0.25, 0.3) is 5.88 Å². The number of tetrazole rings is 1. The van der Waals surface area contributed by atoms with E-state index in [1.807, 2.05) is 25.3 Å². The molecule has 50 heavy (non-hydrogen) atoms. The summed E-state index contributed by atoms with van der Waals surface area (Å²) in [6.07, 6.45) is 16.4. The summed E-state index contributed by atoms with van der Waals surface area (Å²) in [7, 11) is 0.